The summed E-state index contributed by atoms with van der Waals surface area (Å²) in [6, 6.07) is 5.57. The molecule has 0 saturated carbocycles. The van der Waals surface area contributed by atoms with E-state index in [9.17, 15) is 9.59 Å². The van der Waals surface area contributed by atoms with Gasteiger partial charge in [0.2, 0.25) is 12.3 Å². The van der Waals surface area contributed by atoms with Crippen molar-refractivity contribution in [3.63, 3.8) is 0 Å². The Balaban J connectivity index is 1.78. The fourth-order valence-electron chi connectivity index (χ4n) is 5.72. The Morgan fingerprint density at radius 3 is 2.70 bits per heavy atom. The van der Waals surface area contributed by atoms with Gasteiger partial charge in [-0.3, -0.25) is 14.5 Å². The molecule has 1 N–H and O–H groups in total. The second-order valence-corrected chi connectivity index (χ2v) is 10.8. The Labute approximate surface area is 241 Å². The van der Waals surface area contributed by atoms with E-state index >= 15 is 0 Å². The van der Waals surface area contributed by atoms with Crippen LogP contribution in [0.25, 0.3) is 5.57 Å². The zero-order valence-corrected chi connectivity index (χ0v) is 24.3. The highest BCUT2D eigenvalue weighted by Gasteiger charge is 2.38. The number of aromatic nitrogens is 2. The molecule has 0 spiro atoms. The molecular formula is C30H39ClN6O3. The lowest BCUT2D eigenvalue weighted by atomic mass is 9.89. The molecule has 1 unspecified atom stereocenters. The Morgan fingerprint density at radius 2 is 2.08 bits per heavy atom. The summed E-state index contributed by atoms with van der Waals surface area (Å²) >= 11 is 6.60. The van der Waals surface area contributed by atoms with E-state index in [-0.39, 0.29) is 30.5 Å². The van der Waals surface area contributed by atoms with Crippen molar-refractivity contribution >= 4 is 29.5 Å². The minimum atomic E-state index is -0.328. The summed E-state index contributed by atoms with van der Waals surface area (Å²) in [6.45, 7) is 11.7. The molecule has 0 bridgehead atoms. The molecule has 1 fully saturated rings. The molecule has 2 aromatic rings. The third-order valence-electron chi connectivity index (χ3n) is 7.84. The van der Waals surface area contributed by atoms with Crippen molar-refractivity contribution in [2.24, 2.45) is 7.05 Å². The SMILES string of the molecule is C=CN(C)C1C(=C)C=C(C[C@@H](NC(=O)CCOC)c2cncn2C)c2cc(Cl)ccc2[C@@H]1N1CCN(C=O)CC1. The lowest BCUT2D eigenvalue weighted by molar-refractivity contribution is -0.122. The van der Waals surface area contributed by atoms with Crippen molar-refractivity contribution in [1.29, 1.82) is 0 Å². The van der Waals surface area contributed by atoms with Gasteiger partial charge in [0.1, 0.15) is 0 Å². The zero-order valence-electron chi connectivity index (χ0n) is 23.6. The Kier molecular flexibility index (Phi) is 9.84. The second-order valence-electron chi connectivity index (χ2n) is 10.4. The first kappa shape index (κ1) is 29.6. The van der Waals surface area contributed by atoms with Gasteiger partial charge < -0.3 is 24.4 Å². The van der Waals surface area contributed by atoms with Gasteiger partial charge in [-0.1, -0.05) is 36.9 Å². The molecule has 10 heteroatoms. The monoisotopic (exact) mass is 566 g/mol. The minimum Gasteiger partial charge on any atom is -0.384 e. The zero-order chi connectivity index (χ0) is 28.8. The summed E-state index contributed by atoms with van der Waals surface area (Å²) in [6.07, 6.45) is 9.18. The minimum absolute atomic E-state index is 0.0447. The van der Waals surface area contributed by atoms with E-state index in [0.717, 1.165) is 47.5 Å². The van der Waals surface area contributed by atoms with Crippen LogP contribution in [-0.2, 0) is 21.4 Å². The van der Waals surface area contributed by atoms with Crippen LogP contribution in [0.4, 0.5) is 0 Å². The van der Waals surface area contributed by atoms with E-state index in [1.165, 1.54) is 0 Å². The van der Waals surface area contributed by atoms with E-state index in [4.69, 9.17) is 16.3 Å². The maximum atomic E-state index is 12.9. The summed E-state index contributed by atoms with van der Waals surface area (Å²) in [4.78, 5) is 34.9. The molecule has 3 atom stereocenters. The van der Waals surface area contributed by atoms with Crippen molar-refractivity contribution in [1.82, 2.24) is 29.6 Å². The van der Waals surface area contributed by atoms with Crippen molar-refractivity contribution in [3.8, 4) is 0 Å². The van der Waals surface area contributed by atoms with Crippen LogP contribution in [0, 0.1) is 0 Å². The quantitative estimate of drug-likeness (QED) is 0.419. The fraction of sp³-hybridized carbons (Fsp3) is 0.433. The normalized spacial score (nSPS) is 20.2. The van der Waals surface area contributed by atoms with Gasteiger partial charge in [0.25, 0.3) is 0 Å². The molecular weight excluding hydrogens is 528 g/mol. The number of likely N-dealkylation sites (N-methyl/N-ethyl adjacent to an activating group) is 1. The number of halogens is 1. The molecule has 2 heterocycles. The number of fused-ring (bicyclic) bond motifs is 1. The standard InChI is InChI=1S/C30H39ClN6O3/c1-6-34(3)29-21(2)15-22(16-26(27-18-32-19-35(27)4)33-28(39)9-14-40-5)25-17-23(31)7-8-24(25)30(29)37-12-10-36(20-38)11-13-37/h6-8,15,17-20,26,29-30H,1-2,9-14,16H2,3-5H3,(H,33,39)/t26-,29?,30+/m1/s1. The summed E-state index contributed by atoms with van der Waals surface area (Å²) in [5, 5.41) is 3.83. The third-order valence-corrected chi connectivity index (χ3v) is 8.08. The first-order valence-corrected chi connectivity index (χ1v) is 13.9. The van der Waals surface area contributed by atoms with Gasteiger partial charge in [-0.25, -0.2) is 4.98 Å². The number of nitrogens with zero attached hydrogens (tertiary/aromatic N) is 5. The van der Waals surface area contributed by atoms with Crippen LogP contribution in [0.15, 0.2) is 61.7 Å². The average Bonchev–Trinajstić information content (AvgIpc) is 3.34. The Bertz CT molecular complexity index is 1270. The lowest BCUT2D eigenvalue weighted by Gasteiger charge is -2.44. The molecule has 1 saturated heterocycles. The first-order chi connectivity index (χ1) is 19.3. The van der Waals surface area contributed by atoms with Crippen LogP contribution in [0.1, 0.15) is 41.7 Å². The number of hydrogen-bond acceptors (Lipinski definition) is 6. The molecule has 0 radical (unpaired) electrons. The van der Waals surface area contributed by atoms with Gasteiger partial charge in [-0.2, -0.15) is 0 Å². The van der Waals surface area contributed by atoms with E-state index < -0.39 is 0 Å². The summed E-state index contributed by atoms with van der Waals surface area (Å²) in [5.74, 6) is -0.0948. The summed E-state index contributed by atoms with van der Waals surface area (Å²) < 4.78 is 7.05. The van der Waals surface area contributed by atoms with Crippen molar-refractivity contribution in [3.05, 3.63) is 83.6 Å². The number of aryl methyl sites for hydroxylation is 1. The molecule has 1 aliphatic heterocycles. The first-order valence-electron chi connectivity index (χ1n) is 13.5. The molecule has 4 rings (SSSR count). The van der Waals surface area contributed by atoms with Crippen LogP contribution < -0.4 is 5.32 Å². The maximum absolute atomic E-state index is 12.9. The second kappa shape index (κ2) is 13.3. The largest absolute Gasteiger partial charge is 0.384 e. The van der Waals surface area contributed by atoms with Gasteiger partial charge in [0.05, 0.1) is 43.0 Å². The molecule has 2 aliphatic rings. The third kappa shape index (κ3) is 6.49. The number of amides is 2. The summed E-state index contributed by atoms with van der Waals surface area (Å²) in [5.41, 5.74) is 5.00. The van der Waals surface area contributed by atoms with E-state index in [1.54, 1.807) is 19.6 Å². The topological polar surface area (TPSA) is 82.9 Å². The van der Waals surface area contributed by atoms with Crippen molar-refractivity contribution in [2.75, 3.05) is 46.9 Å². The van der Waals surface area contributed by atoms with Gasteiger partial charge in [0, 0.05) is 58.8 Å². The molecule has 1 aromatic carbocycles. The molecule has 1 aromatic heterocycles. The van der Waals surface area contributed by atoms with Gasteiger partial charge >= 0.3 is 0 Å². The molecule has 40 heavy (non-hydrogen) atoms. The number of benzene rings is 1. The Hall–Kier alpha value is -3.40. The van der Waals surface area contributed by atoms with Gasteiger partial charge in [-0.05, 0) is 47.0 Å². The number of carbonyl (C=O) groups excluding carboxylic acids is 2. The number of hydrogen-bond donors (Lipinski definition) is 1. The predicted molar refractivity (Wildman–Crippen MR) is 157 cm³/mol. The molecule has 214 valence electrons. The average molecular weight is 567 g/mol. The number of nitrogens with one attached hydrogen (secondary N) is 1. The van der Waals surface area contributed by atoms with Crippen LogP contribution >= 0.6 is 11.6 Å². The molecule has 9 nitrogen and oxygen atoms in total. The molecule has 2 amide bonds. The van der Waals surface area contributed by atoms with Gasteiger partial charge in [0.15, 0.2) is 0 Å². The Morgan fingerprint density at radius 1 is 1.32 bits per heavy atom. The predicted octanol–water partition coefficient (Wildman–Crippen LogP) is 3.57. The summed E-state index contributed by atoms with van der Waals surface area (Å²) in [7, 11) is 5.52. The van der Waals surface area contributed by atoms with Gasteiger partial charge in [-0.15, -0.1) is 0 Å². The van der Waals surface area contributed by atoms with Crippen molar-refractivity contribution < 1.29 is 14.3 Å². The molecule has 1 aliphatic carbocycles. The highest BCUT2D eigenvalue weighted by molar-refractivity contribution is 6.30. The number of piperazine rings is 1. The van der Waals surface area contributed by atoms with Crippen LogP contribution in [0.3, 0.4) is 0 Å². The van der Waals surface area contributed by atoms with Crippen LogP contribution in [-0.4, -0.2) is 89.6 Å². The number of ether oxygens (including phenoxy) is 1. The fourth-order valence-corrected chi connectivity index (χ4v) is 5.89. The van der Waals surface area contributed by atoms with Crippen LogP contribution in [0.5, 0.6) is 0 Å². The number of rotatable bonds is 11. The number of imidazole rings is 1. The lowest BCUT2D eigenvalue weighted by Crippen LogP contribution is -2.51. The maximum Gasteiger partial charge on any atom is 0.222 e. The highest BCUT2D eigenvalue weighted by Crippen LogP contribution is 2.43. The van der Waals surface area contributed by atoms with Crippen LogP contribution in [0.2, 0.25) is 5.02 Å². The number of methoxy groups -OCH3 is 1. The van der Waals surface area contributed by atoms with E-state index in [1.807, 2.05) is 41.9 Å². The van der Waals surface area contributed by atoms with Crippen molar-refractivity contribution in [2.45, 2.75) is 31.0 Å². The van der Waals surface area contributed by atoms with E-state index in [2.05, 4.69) is 45.4 Å². The van der Waals surface area contributed by atoms with E-state index in [0.29, 0.717) is 31.1 Å². The smallest absolute Gasteiger partial charge is 0.222 e. The number of carbonyl (C=O) groups is 2. The highest BCUT2D eigenvalue weighted by atomic mass is 35.5.